The third-order valence-electron chi connectivity index (χ3n) is 5.00. The van der Waals surface area contributed by atoms with Gasteiger partial charge in [0.15, 0.2) is 0 Å². The first-order valence-corrected chi connectivity index (χ1v) is 11.5. The Bertz CT molecular complexity index is 523. The van der Waals surface area contributed by atoms with Gasteiger partial charge in [-0.1, -0.05) is 63.3 Å². The second-order valence-corrected chi connectivity index (χ2v) is 7.72. The maximum absolute atomic E-state index is 11.7. The maximum Gasteiger partial charge on any atom is 0.333 e. The molecule has 0 unspecified atom stereocenters. The van der Waals surface area contributed by atoms with E-state index in [1.165, 1.54) is 57.8 Å². The minimum absolute atomic E-state index is 0.129. The van der Waals surface area contributed by atoms with Crippen molar-refractivity contribution < 1.29 is 19.2 Å². The number of hydrogen-bond donors (Lipinski definition) is 0. The summed E-state index contributed by atoms with van der Waals surface area (Å²) in [6.07, 6.45) is 24.8. The van der Waals surface area contributed by atoms with E-state index in [4.69, 9.17) is 4.84 Å². The van der Waals surface area contributed by atoms with Gasteiger partial charge in [0.1, 0.15) is 0 Å². The summed E-state index contributed by atoms with van der Waals surface area (Å²) in [5.74, 6) is -1.38. The van der Waals surface area contributed by atoms with E-state index in [9.17, 15) is 14.4 Å². The highest BCUT2D eigenvalue weighted by molar-refractivity contribution is 6.01. The normalized spacial score (nSPS) is 14.6. The molecule has 1 heterocycles. The molecule has 5 heteroatoms. The van der Waals surface area contributed by atoms with E-state index in [1.807, 2.05) is 0 Å². The van der Waals surface area contributed by atoms with Crippen LogP contribution in [-0.4, -0.2) is 22.8 Å². The average molecular weight is 406 g/mol. The van der Waals surface area contributed by atoms with Crippen LogP contribution >= 0.6 is 0 Å². The number of unbranched alkanes of at least 4 members (excludes halogenated alkanes) is 10. The molecular weight excluding hydrogens is 366 g/mol. The zero-order valence-corrected chi connectivity index (χ0v) is 18.2. The molecule has 2 amide bonds. The number of hydroxylamine groups is 2. The van der Waals surface area contributed by atoms with Gasteiger partial charge in [-0.3, -0.25) is 9.59 Å². The number of allylic oxidation sites excluding steroid dienone is 4. The molecule has 0 aromatic carbocycles. The zero-order chi connectivity index (χ0) is 21.2. The van der Waals surface area contributed by atoms with Gasteiger partial charge in [-0.15, -0.1) is 5.06 Å². The molecule has 5 nitrogen and oxygen atoms in total. The van der Waals surface area contributed by atoms with Crippen LogP contribution in [0.2, 0.25) is 0 Å². The Kier molecular flexibility index (Phi) is 14.7. The molecule has 0 aromatic rings. The molecule has 0 aromatic heterocycles. The van der Waals surface area contributed by atoms with Gasteiger partial charge in [0.2, 0.25) is 0 Å². The van der Waals surface area contributed by atoms with Crippen LogP contribution in [0, 0.1) is 0 Å². The second-order valence-electron chi connectivity index (χ2n) is 7.72. The lowest BCUT2D eigenvalue weighted by Gasteiger charge is -2.11. The predicted octanol–water partition coefficient (Wildman–Crippen LogP) is 6.19. The van der Waals surface area contributed by atoms with Gasteiger partial charge in [-0.25, -0.2) is 4.79 Å². The number of nitrogens with zero attached hydrogens (tertiary/aromatic N) is 1. The molecule has 0 bridgehead atoms. The number of imide groups is 1. The second kappa shape index (κ2) is 17.0. The Morgan fingerprint density at radius 3 is 1.76 bits per heavy atom. The van der Waals surface area contributed by atoms with E-state index < -0.39 is 17.8 Å². The van der Waals surface area contributed by atoms with Gasteiger partial charge >= 0.3 is 5.97 Å². The first-order valence-electron chi connectivity index (χ1n) is 11.5. The fraction of sp³-hybridized carbons (Fsp3) is 0.708. The van der Waals surface area contributed by atoms with Crippen LogP contribution in [0.3, 0.4) is 0 Å². The van der Waals surface area contributed by atoms with Gasteiger partial charge in [-0.05, 0) is 51.4 Å². The van der Waals surface area contributed by atoms with Gasteiger partial charge in [0.25, 0.3) is 11.8 Å². The smallest absolute Gasteiger partial charge is 0.330 e. The van der Waals surface area contributed by atoms with Crippen molar-refractivity contribution in [2.45, 2.75) is 110 Å². The third-order valence-corrected chi connectivity index (χ3v) is 5.00. The first kappa shape index (κ1) is 25.1. The summed E-state index contributed by atoms with van der Waals surface area (Å²) in [5, 5.41) is 0.611. The van der Waals surface area contributed by atoms with E-state index in [0.29, 0.717) is 11.5 Å². The summed E-state index contributed by atoms with van der Waals surface area (Å²) in [4.78, 5) is 39.2. The molecule has 0 atom stereocenters. The third kappa shape index (κ3) is 13.0. The Morgan fingerprint density at radius 1 is 0.759 bits per heavy atom. The Balaban J connectivity index is 1.88. The van der Waals surface area contributed by atoms with E-state index in [2.05, 4.69) is 31.2 Å². The van der Waals surface area contributed by atoms with Crippen LogP contribution in [0.15, 0.2) is 24.3 Å². The molecule has 0 N–H and O–H groups in total. The van der Waals surface area contributed by atoms with E-state index in [-0.39, 0.29) is 19.3 Å². The minimum atomic E-state index is -0.519. The topological polar surface area (TPSA) is 63.7 Å². The summed E-state index contributed by atoms with van der Waals surface area (Å²) < 4.78 is 0. The van der Waals surface area contributed by atoms with Gasteiger partial charge in [0, 0.05) is 19.3 Å². The minimum Gasteiger partial charge on any atom is -0.330 e. The summed E-state index contributed by atoms with van der Waals surface area (Å²) in [7, 11) is 0. The van der Waals surface area contributed by atoms with Crippen molar-refractivity contribution in [1.82, 2.24) is 5.06 Å². The Morgan fingerprint density at radius 2 is 1.21 bits per heavy atom. The van der Waals surface area contributed by atoms with Crippen LogP contribution in [0.25, 0.3) is 0 Å². The Hall–Kier alpha value is -1.91. The maximum atomic E-state index is 11.7. The largest absolute Gasteiger partial charge is 0.333 e. The van der Waals surface area contributed by atoms with Crippen molar-refractivity contribution >= 4 is 17.8 Å². The predicted molar refractivity (Wildman–Crippen MR) is 116 cm³/mol. The molecule has 1 fully saturated rings. The summed E-state index contributed by atoms with van der Waals surface area (Å²) in [5.41, 5.74) is 0. The molecule has 1 aliphatic heterocycles. The van der Waals surface area contributed by atoms with Crippen LogP contribution in [-0.2, 0) is 19.2 Å². The first-order chi connectivity index (χ1) is 14.1. The molecule has 1 saturated heterocycles. The van der Waals surface area contributed by atoms with Crippen LogP contribution in [0.4, 0.5) is 0 Å². The quantitative estimate of drug-likeness (QED) is 0.164. The lowest BCUT2D eigenvalue weighted by atomic mass is 10.1. The number of carbonyl (C=O) groups is 3. The van der Waals surface area contributed by atoms with E-state index in [1.54, 1.807) is 0 Å². The molecule has 29 heavy (non-hydrogen) atoms. The van der Waals surface area contributed by atoms with Crippen molar-refractivity contribution in [2.24, 2.45) is 0 Å². The molecular formula is C24H39NO4. The van der Waals surface area contributed by atoms with Crippen molar-refractivity contribution in [3.63, 3.8) is 0 Å². The number of carbonyl (C=O) groups excluding carboxylic acids is 3. The molecule has 1 rings (SSSR count). The summed E-state index contributed by atoms with van der Waals surface area (Å²) in [6.45, 7) is 2.25. The van der Waals surface area contributed by atoms with E-state index in [0.717, 1.165) is 19.3 Å². The lowest BCUT2D eigenvalue weighted by Crippen LogP contribution is -2.31. The van der Waals surface area contributed by atoms with Crippen LogP contribution in [0.1, 0.15) is 110 Å². The average Bonchev–Trinajstić information content (AvgIpc) is 3.02. The number of rotatable bonds is 17. The molecule has 0 radical (unpaired) electrons. The molecule has 1 aliphatic rings. The summed E-state index contributed by atoms with van der Waals surface area (Å²) in [6, 6.07) is 0. The Labute approximate surface area is 176 Å². The van der Waals surface area contributed by atoms with Gasteiger partial charge in [-0.2, -0.15) is 0 Å². The monoisotopic (exact) mass is 405 g/mol. The fourth-order valence-corrected chi connectivity index (χ4v) is 3.21. The number of hydrogen-bond acceptors (Lipinski definition) is 4. The van der Waals surface area contributed by atoms with Crippen LogP contribution in [0.5, 0.6) is 0 Å². The van der Waals surface area contributed by atoms with Gasteiger partial charge < -0.3 is 4.84 Å². The van der Waals surface area contributed by atoms with Crippen molar-refractivity contribution in [3.05, 3.63) is 24.3 Å². The molecule has 0 aliphatic carbocycles. The van der Waals surface area contributed by atoms with Crippen LogP contribution < -0.4 is 0 Å². The zero-order valence-electron chi connectivity index (χ0n) is 18.2. The highest BCUT2D eigenvalue weighted by atomic mass is 16.7. The fourth-order valence-electron chi connectivity index (χ4n) is 3.21. The molecule has 0 spiro atoms. The van der Waals surface area contributed by atoms with Crippen molar-refractivity contribution in [3.8, 4) is 0 Å². The van der Waals surface area contributed by atoms with Gasteiger partial charge in [0.05, 0.1) is 0 Å². The highest BCUT2D eigenvalue weighted by Crippen LogP contribution is 2.13. The van der Waals surface area contributed by atoms with E-state index >= 15 is 0 Å². The summed E-state index contributed by atoms with van der Waals surface area (Å²) >= 11 is 0. The van der Waals surface area contributed by atoms with Crippen molar-refractivity contribution in [1.29, 1.82) is 0 Å². The molecule has 164 valence electrons. The SMILES string of the molecule is CCCCCCCC/C=C\CCCC/C=C\CCCC(=O)ON1C(=O)CCC1=O. The number of amides is 2. The van der Waals surface area contributed by atoms with Crippen molar-refractivity contribution in [2.75, 3.05) is 0 Å². The molecule has 0 saturated carbocycles. The highest BCUT2D eigenvalue weighted by Gasteiger charge is 2.32. The lowest BCUT2D eigenvalue weighted by molar-refractivity contribution is -0.197. The standard InChI is InChI=1S/C24H39NO4/c1-2-3-4-5-6-7-8-9-10-11-12-13-14-15-16-17-18-19-24(28)29-25-22(26)20-21-23(25)27/h9-10,15-16H,2-8,11-14,17-21H2,1H3/b10-9-,16-15-.